The molecule has 126 valence electrons. The van der Waals surface area contributed by atoms with E-state index in [2.05, 4.69) is 34.2 Å². The number of aromatic nitrogens is 2. The lowest BCUT2D eigenvalue weighted by atomic mass is 9.96. The molecule has 4 rings (SSSR count). The maximum atomic E-state index is 12.8. The van der Waals surface area contributed by atoms with Crippen LogP contribution in [-0.4, -0.2) is 33.9 Å². The molecule has 1 aliphatic heterocycles. The summed E-state index contributed by atoms with van der Waals surface area (Å²) in [7, 11) is 0. The molecule has 3 aromatic rings. The molecular weight excluding hydrogens is 310 g/mol. The zero-order chi connectivity index (χ0) is 17.2. The van der Waals surface area contributed by atoms with Crippen LogP contribution in [0, 0.1) is 12.8 Å². The molecule has 0 saturated carbocycles. The quantitative estimate of drug-likeness (QED) is 0.736. The molecule has 0 aliphatic carbocycles. The standard InChI is InChI=1S/C21H21N3O/c1-15-18(6-4-10-22-15)21(25)24-12-9-16(14-24)13-17-8-11-23-20-7-3-2-5-19(17)20/h2-8,10-11,16H,9,12-14H2,1H3/t16-/m1/s1. The molecule has 1 aliphatic rings. The van der Waals surface area contributed by atoms with Gasteiger partial charge < -0.3 is 4.90 Å². The second kappa shape index (κ2) is 6.63. The summed E-state index contributed by atoms with van der Waals surface area (Å²) in [6.45, 7) is 3.52. The van der Waals surface area contributed by atoms with Crippen molar-refractivity contribution < 1.29 is 4.79 Å². The Morgan fingerprint density at radius 3 is 2.88 bits per heavy atom. The van der Waals surface area contributed by atoms with Crippen molar-refractivity contribution in [2.24, 2.45) is 5.92 Å². The Bertz CT molecular complexity index is 916. The van der Waals surface area contributed by atoms with Gasteiger partial charge in [-0.15, -0.1) is 0 Å². The van der Waals surface area contributed by atoms with Gasteiger partial charge in [0.05, 0.1) is 11.1 Å². The third-order valence-electron chi connectivity index (χ3n) is 5.06. The van der Waals surface area contributed by atoms with Gasteiger partial charge in [-0.05, 0) is 55.5 Å². The first-order valence-corrected chi connectivity index (χ1v) is 8.76. The van der Waals surface area contributed by atoms with Crippen molar-refractivity contribution in [1.82, 2.24) is 14.9 Å². The summed E-state index contributed by atoms with van der Waals surface area (Å²) in [5, 5.41) is 1.22. The number of aryl methyl sites for hydroxylation is 1. The fourth-order valence-electron chi connectivity index (χ4n) is 3.71. The number of amides is 1. The van der Waals surface area contributed by atoms with Gasteiger partial charge in [-0.2, -0.15) is 0 Å². The maximum Gasteiger partial charge on any atom is 0.255 e. The molecule has 1 fully saturated rings. The SMILES string of the molecule is Cc1ncccc1C(=O)N1CC[C@H](Cc2ccnc3ccccc23)C1. The van der Waals surface area contributed by atoms with Crippen LogP contribution in [0.25, 0.3) is 10.9 Å². The fraction of sp³-hybridized carbons (Fsp3) is 0.286. The molecule has 1 amide bonds. The Morgan fingerprint density at radius 1 is 1.12 bits per heavy atom. The topological polar surface area (TPSA) is 46.1 Å². The van der Waals surface area contributed by atoms with Gasteiger partial charge >= 0.3 is 0 Å². The number of hydrogen-bond acceptors (Lipinski definition) is 3. The highest BCUT2D eigenvalue weighted by Gasteiger charge is 2.28. The number of carbonyl (C=O) groups is 1. The third-order valence-corrected chi connectivity index (χ3v) is 5.06. The van der Waals surface area contributed by atoms with Crippen LogP contribution in [0.2, 0.25) is 0 Å². The Balaban J connectivity index is 1.49. The van der Waals surface area contributed by atoms with Crippen molar-refractivity contribution >= 4 is 16.8 Å². The van der Waals surface area contributed by atoms with Gasteiger partial charge in [0.25, 0.3) is 5.91 Å². The van der Waals surface area contributed by atoms with Crippen molar-refractivity contribution in [2.45, 2.75) is 19.8 Å². The van der Waals surface area contributed by atoms with E-state index in [1.54, 1.807) is 6.20 Å². The van der Waals surface area contributed by atoms with Gasteiger partial charge in [-0.3, -0.25) is 14.8 Å². The minimum Gasteiger partial charge on any atom is -0.338 e. The van der Waals surface area contributed by atoms with E-state index in [4.69, 9.17) is 0 Å². The van der Waals surface area contributed by atoms with E-state index in [0.29, 0.717) is 5.92 Å². The number of carbonyl (C=O) groups excluding carboxylic acids is 1. The summed E-state index contributed by atoms with van der Waals surface area (Å²) in [5.41, 5.74) is 3.88. The zero-order valence-electron chi connectivity index (χ0n) is 14.4. The number of para-hydroxylation sites is 1. The van der Waals surface area contributed by atoms with Gasteiger partial charge in [-0.25, -0.2) is 0 Å². The van der Waals surface area contributed by atoms with Gasteiger partial charge in [0.15, 0.2) is 0 Å². The maximum absolute atomic E-state index is 12.8. The summed E-state index contributed by atoms with van der Waals surface area (Å²) >= 11 is 0. The van der Waals surface area contributed by atoms with Crippen molar-refractivity contribution in [3.8, 4) is 0 Å². The molecular formula is C21H21N3O. The van der Waals surface area contributed by atoms with E-state index in [1.165, 1.54) is 10.9 Å². The summed E-state index contributed by atoms with van der Waals surface area (Å²) < 4.78 is 0. The van der Waals surface area contributed by atoms with Crippen LogP contribution >= 0.6 is 0 Å². The lowest BCUT2D eigenvalue weighted by Crippen LogP contribution is -2.29. The highest BCUT2D eigenvalue weighted by molar-refractivity contribution is 5.95. The molecule has 1 atom stereocenters. The first kappa shape index (κ1) is 15.8. The predicted octanol–water partition coefficient (Wildman–Crippen LogP) is 3.64. The molecule has 0 unspecified atom stereocenters. The number of benzene rings is 1. The van der Waals surface area contributed by atoms with Crippen LogP contribution < -0.4 is 0 Å². The van der Waals surface area contributed by atoms with Crippen molar-refractivity contribution in [3.63, 3.8) is 0 Å². The lowest BCUT2D eigenvalue weighted by molar-refractivity contribution is 0.0786. The first-order chi connectivity index (χ1) is 12.2. The highest BCUT2D eigenvalue weighted by Crippen LogP contribution is 2.26. The van der Waals surface area contributed by atoms with E-state index >= 15 is 0 Å². The zero-order valence-corrected chi connectivity index (χ0v) is 14.4. The number of nitrogens with zero attached hydrogens (tertiary/aromatic N) is 3. The fourth-order valence-corrected chi connectivity index (χ4v) is 3.71. The molecule has 3 heterocycles. The van der Waals surface area contributed by atoms with Gasteiger partial charge in [0.1, 0.15) is 0 Å². The van der Waals surface area contributed by atoms with Gasteiger partial charge in [-0.1, -0.05) is 18.2 Å². The number of fused-ring (bicyclic) bond motifs is 1. The van der Waals surface area contributed by atoms with Gasteiger partial charge in [0.2, 0.25) is 0 Å². The largest absolute Gasteiger partial charge is 0.338 e. The van der Waals surface area contributed by atoms with E-state index in [0.717, 1.165) is 42.7 Å². The number of pyridine rings is 2. The van der Waals surface area contributed by atoms with Crippen LogP contribution in [0.5, 0.6) is 0 Å². The smallest absolute Gasteiger partial charge is 0.255 e. The minimum absolute atomic E-state index is 0.104. The molecule has 1 saturated heterocycles. The Labute approximate surface area is 147 Å². The molecule has 0 spiro atoms. The van der Waals surface area contributed by atoms with E-state index in [9.17, 15) is 4.79 Å². The average molecular weight is 331 g/mol. The number of likely N-dealkylation sites (tertiary alicyclic amines) is 1. The van der Waals surface area contributed by atoms with Crippen LogP contribution in [0.3, 0.4) is 0 Å². The van der Waals surface area contributed by atoms with Crippen molar-refractivity contribution in [3.05, 3.63) is 71.7 Å². The van der Waals surface area contributed by atoms with Crippen LogP contribution in [0.4, 0.5) is 0 Å². The Hall–Kier alpha value is -2.75. The molecule has 1 aromatic carbocycles. The Kier molecular flexibility index (Phi) is 4.18. The molecule has 4 nitrogen and oxygen atoms in total. The van der Waals surface area contributed by atoms with E-state index < -0.39 is 0 Å². The van der Waals surface area contributed by atoms with Crippen molar-refractivity contribution in [1.29, 1.82) is 0 Å². The summed E-state index contributed by atoms with van der Waals surface area (Å²) in [6.07, 6.45) is 5.64. The molecule has 0 N–H and O–H groups in total. The van der Waals surface area contributed by atoms with Gasteiger partial charge in [0, 0.05) is 36.6 Å². The Morgan fingerprint density at radius 2 is 2.00 bits per heavy atom. The molecule has 0 bridgehead atoms. The second-order valence-corrected chi connectivity index (χ2v) is 6.73. The molecule has 2 aromatic heterocycles. The third kappa shape index (κ3) is 3.12. The van der Waals surface area contributed by atoms with Crippen LogP contribution in [0.15, 0.2) is 54.9 Å². The normalized spacial score (nSPS) is 17.2. The monoisotopic (exact) mass is 331 g/mol. The average Bonchev–Trinajstić information content (AvgIpc) is 3.10. The van der Waals surface area contributed by atoms with Crippen molar-refractivity contribution in [2.75, 3.05) is 13.1 Å². The summed E-state index contributed by atoms with van der Waals surface area (Å²) in [5.74, 6) is 0.597. The second-order valence-electron chi connectivity index (χ2n) is 6.73. The minimum atomic E-state index is 0.104. The summed E-state index contributed by atoms with van der Waals surface area (Å²) in [4.78, 5) is 23.4. The van der Waals surface area contributed by atoms with E-state index in [1.807, 2.05) is 36.2 Å². The molecule has 0 radical (unpaired) electrons. The molecule has 25 heavy (non-hydrogen) atoms. The highest BCUT2D eigenvalue weighted by atomic mass is 16.2. The molecule has 4 heteroatoms. The number of hydrogen-bond donors (Lipinski definition) is 0. The lowest BCUT2D eigenvalue weighted by Gasteiger charge is -2.18. The number of rotatable bonds is 3. The van der Waals surface area contributed by atoms with E-state index in [-0.39, 0.29) is 5.91 Å². The first-order valence-electron chi connectivity index (χ1n) is 8.76. The van der Waals surface area contributed by atoms with Crippen LogP contribution in [0.1, 0.15) is 28.0 Å². The predicted molar refractivity (Wildman–Crippen MR) is 98.4 cm³/mol. The van der Waals surface area contributed by atoms with Crippen LogP contribution in [-0.2, 0) is 6.42 Å². The summed E-state index contributed by atoms with van der Waals surface area (Å²) in [6, 6.07) is 14.1.